The monoisotopic (exact) mass is 338 g/mol. The summed E-state index contributed by atoms with van der Waals surface area (Å²) >= 11 is 0. The fraction of sp³-hybridized carbons (Fsp3) is 0.421. The average molecular weight is 338 g/mol. The summed E-state index contributed by atoms with van der Waals surface area (Å²) in [4.78, 5) is 15.8. The van der Waals surface area contributed by atoms with Crippen LogP contribution >= 0.6 is 0 Å². The fourth-order valence-corrected chi connectivity index (χ4v) is 3.81. The Morgan fingerprint density at radius 1 is 1.28 bits per heavy atom. The number of benzene rings is 1. The van der Waals surface area contributed by atoms with E-state index in [1.807, 2.05) is 24.3 Å². The van der Waals surface area contributed by atoms with Crippen molar-refractivity contribution < 1.29 is 9.32 Å². The summed E-state index contributed by atoms with van der Waals surface area (Å²) in [5.74, 6) is 1.60. The zero-order valence-electron chi connectivity index (χ0n) is 14.1. The van der Waals surface area contributed by atoms with E-state index in [2.05, 4.69) is 27.4 Å². The lowest BCUT2D eigenvalue weighted by molar-refractivity contribution is -0.116. The van der Waals surface area contributed by atoms with Crippen LogP contribution in [0.4, 0.5) is 0 Å². The summed E-state index contributed by atoms with van der Waals surface area (Å²) in [6.45, 7) is 3.91. The summed E-state index contributed by atoms with van der Waals surface area (Å²) in [5, 5.41) is 10.6. The van der Waals surface area contributed by atoms with Crippen molar-refractivity contribution in [2.24, 2.45) is 0 Å². The second-order valence-corrected chi connectivity index (χ2v) is 6.88. The van der Waals surface area contributed by atoms with Crippen LogP contribution in [0.2, 0.25) is 0 Å². The predicted octanol–water partition coefficient (Wildman–Crippen LogP) is 2.54. The summed E-state index contributed by atoms with van der Waals surface area (Å²) in [6, 6.07) is 9.00. The van der Waals surface area contributed by atoms with Crippen LogP contribution in [0, 0.1) is 0 Å². The van der Waals surface area contributed by atoms with Gasteiger partial charge in [0, 0.05) is 30.1 Å². The molecule has 6 heteroatoms. The normalized spacial score (nSPS) is 24.9. The van der Waals surface area contributed by atoms with Gasteiger partial charge in [0.2, 0.25) is 5.91 Å². The van der Waals surface area contributed by atoms with Crippen molar-refractivity contribution in [1.82, 2.24) is 20.8 Å². The maximum absolute atomic E-state index is 11.2. The van der Waals surface area contributed by atoms with Crippen LogP contribution in [0.1, 0.15) is 43.0 Å². The highest BCUT2D eigenvalue weighted by molar-refractivity contribution is 5.86. The Kier molecular flexibility index (Phi) is 4.36. The maximum atomic E-state index is 11.2. The van der Waals surface area contributed by atoms with Crippen molar-refractivity contribution >= 4 is 5.91 Å². The number of hydrogen-bond acceptors (Lipinski definition) is 5. The Labute approximate surface area is 146 Å². The molecule has 0 aliphatic carbocycles. The Hall–Kier alpha value is -2.47. The third-order valence-corrected chi connectivity index (χ3v) is 5.13. The quantitative estimate of drug-likeness (QED) is 0.819. The van der Waals surface area contributed by atoms with Gasteiger partial charge in [0.25, 0.3) is 5.89 Å². The van der Waals surface area contributed by atoms with Crippen molar-refractivity contribution in [2.75, 3.05) is 0 Å². The lowest BCUT2D eigenvalue weighted by Crippen LogP contribution is -2.37. The molecule has 2 aromatic rings. The maximum Gasteiger partial charge on any atom is 0.257 e. The minimum atomic E-state index is -0.179. The molecule has 1 aromatic carbocycles. The molecule has 3 heterocycles. The minimum Gasteiger partial charge on any atom is -0.348 e. The van der Waals surface area contributed by atoms with E-state index < -0.39 is 0 Å². The van der Waals surface area contributed by atoms with Crippen LogP contribution in [-0.4, -0.2) is 28.1 Å². The molecule has 2 unspecified atom stereocenters. The summed E-state index contributed by atoms with van der Waals surface area (Å²) < 4.78 is 5.49. The van der Waals surface area contributed by atoms with Crippen molar-refractivity contribution in [3.05, 3.63) is 48.3 Å². The van der Waals surface area contributed by atoms with Gasteiger partial charge in [0.1, 0.15) is 0 Å². The lowest BCUT2D eigenvalue weighted by Gasteiger charge is -2.26. The van der Waals surface area contributed by atoms with Gasteiger partial charge in [-0.1, -0.05) is 23.9 Å². The van der Waals surface area contributed by atoms with Crippen molar-refractivity contribution in [3.63, 3.8) is 0 Å². The molecule has 2 bridgehead atoms. The van der Waals surface area contributed by atoms with Crippen molar-refractivity contribution in [1.29, 1.82) is 0 Å². The van der Waals surface area contributed by atoms with Crippen LogP contribution in [0.25, 0.3) is 11.5 Å². The fourth-order valence-electron chi connectivity index (χ4n) is 3.81. The molecule has 130 valence electrons. The van der Waals surface area contributed by atoms with Crippen LogP contribution < -0.4 is 10.6 Å². The minimum absolute atomic E-state index is 0.179. The highest BCUT2D eigenvalue weighted by Crippen LogP contribution is 2.36. The molecule has 1 amide bonds. The van der Waals surface area contributed by atoms with Crippen molar-refractivity contribution in [2.45, 2.75) is 50.2 Å². The van der Waals surface area contributed by atoms with Crippen LogP contribution in [0.3, 0.4) is 0 Å². The first kappa shape index (κ1) is 16.0. The van der Waals surface area contributed by atoms with Gasteiger partial charge < -0.3 is 15.2 Å². The molecule has 25 heavy (non-hydrogen) atoms. The Morgan fingerprint density at radius 3 is 2.68 bits per heavy atom. The Morgan fingerprint density at radius 2 is 2.00 bits per heavy atom. The molecule has 2 fully saturated rings. The highest BCUT2D eigenvalue weighted by atomic mass is 16.5. The highest BCUT2D eigenvalue weighted by Gasteiger charge is 2.36. The van der Waals surface area contributed by atoms with E-state index in [1.165, 1.54) is 18.9 Å². The van der Waals surface area contributed by atoms with Gasteiger partial charge in [-0.05, 0) is 49.5 Å². The number of carbonyl (C=O) groups excluding carboxylic acids is 1. The van der Waals surface area contributed by atoms with Crippen LogP contribution in [-0.2, 0) is 11.3 Å². The third kappa shape index (κ3) is 3.49. The van der Waals surface area contributed by atoms with Crippen molar-refractivity contribution in [3.8, 4) is 11.5 Å². The van der Waals surface area contributed by atoms with Gasteiger partial charge in [-0.2, -0.15) is 4.98 Å². The van der Waals surface area contributed by atoms with E-state index in [9.17, 15) is 4.79 Å². The molecule has 0 radical (unpaired) electrons. The van der Waals surface area contributed by atoms with E-state index in [4.69, 9.17) is 4.52 Å². The lowest BCUT2D eigenvalue weighted by atomic mass is 9.92. The summed E-state index contributed by atoms with van der Waals surface area (Å²) in [7, 11) is 0. The predicted molar refractivity (Wildman–Crippen MR) is 93.7 cm³/mol. The van der Waals surface area contributed by atoms with E-state index in [0.717, 1.165) is 29.8 Å². The summed E-state index contributed by atoms with van der Waals surface area (Å²) in [5.41, 5.74) is 1.91. The number of nitrogens with zero attached hydrogens (tertiary/aromatic N) is 2. The first-order valence-electron chi connectivity index (χ1n) is 8.80. The standard InChI is InChI=1S/C19H22N4O2/c1-2-17(24)20-11-12-3-5-13(6-4-12)19-22-18(23-25-19)14-9-15-7-8-16(10-14)21-15/h2-6,14-16,21H,1,7-11H2,(H,20,24). The van der Waals surface area contributed by atoms with Crippen LogP contribution in [0.5, 0.6) is 0 Å². The third-order valence-electron chi connectivity index (χ3n) is 5.13. The largest absolute Gasteiger partial charge is 0.348 e. The molecule has 6 nitrogen and oxygen atoms in total. The molecule has 0 saturated carbocycles. The van der Waals surface area contributed by atoms with E-state index in [0.29, 0.717) is 30.4 Å². The topological polar surface area (TPSA) is 80.0 Å². The number of piperidine rings is 1. The van der Waals surface area contributed by atoms with E-state index in [-0.39, 0.29) is 5.91 Å². The molecular weight excluding hydrogens is 316 g/mol. The summed E-state index contributed by atoms with van der Waals surface area (Å²) in [6.07, 6.45) is 5.97. The Bertz CT molecular complexity index is 756. The van der Waals surface area contributed by atoms with E-state index >= 15 is 0 Å². The number of amides is 1. The van der Waals surface area contributed by atoms with Gasteiger partial charge in [-0.3, -0.25) is 4.79 Å². The first-order valence-corrected chi connectivity index (χ1v) is 8.80. The van der Waals surface area contributed by atoms with Gasteiger partial charge in [0.15, 0.2) is 5.82 Å². The number of rotatable bonds is 5. The van der Waals surface area contributed by atoms with Gasteiger partial charge in [-0.25, -0.2) is 0 Å². The van der Waals surface area contributed by atoms with E-state index in [1.54, 1.807) is 0 Å². The zero-order chi connectivity index (χ0) is 17.2. The number of nitrogens with one attached hydrogen (secondary N) is 2. The smallest absolute Gasteiger partial charge is 0.257 e. The molecule has 2 atom stereocenters. The van der Waals surface area contributed by atoms with Gasteiger partial charge in [0.05, 0.1) is 0 Å². The average Bonchev–Trinajstić information content (AvgIpc) is 3.27. The number of hydrogen-bond donors (Lipinski definition) is 2. The second kappa shape index (κ2) is 6.80. The second-order valence-electron chi connectivity index (χ2n) is 6.88. The molecule has 1 aromatic heterocycles. The first-order chi connectivity index (χ1) is 12.2. The molecule has 2 aliphatic heterocycles. The zero-order valence-corrected chi connectivity index (χ0v) is 14.1. The number of carbonyl (C=O) groups is 1. The molecule has 2 saturated heterocycles. The SMILES string of the molecule is C=CC(=O)NCc1ccc(-c2nc(C3CC4CCC(C3)N4)no2)cc1. The Balaban J connectivity index is 1.43. The number of fused-ring (bicyclic) bond motifs is 2. The molecule has 2 N–H and O–H groups in total. The molecule has 2 aliphatic rings. The molecule has 4 rings (SSSR count). The van der Waals surface area contributed by atoms with Gasteiger partial charge >= 0.3 is 0 Å². The number of aromatic nitrogens is 2. The van der Waals surface area contributed by atoms with Crippen LogP contribution in [0.15, 0.2) is 41.4 Å². The molecule has 0 spiro atoms. The molecular formula is C19H22N4O2. The van der Waals surface area contributed by atoms with Gasteiger partial charge in [-0.15, -0.1) is 0 Å².